The van der Waals surface area contributed by atoms with Crippen molar-refractivity contribution in [1.29, 1.82) is 0 Å². The lowest BCUT2D eigenvalue weighted by atomic mass is 9.98. The average molecular weight is 393 g/mol. The molecule has 0 unspecified atom stereocenters. The predicted molar refractivity (Wildman–Crippen MR) is 117 cm³/mol. The smallest absolute Gasteiger partial charge is 0.261 e. The van der Waals surface area contributed by atoms with Gasteiger partial charge in [0.1, 0.15) is 6.29 Å². The Morgan fingerprint density at radius 3 is 1.96 bits per heavy atom. The molecule has 0 aliphatic heterocycles. The number of fused-ring (bicyclic) bond motifs is 1. The van der Waals surface area contributed by atoms with E-state index in [1.165, 1.54) is 16.7 Å². The van der Waals surface area contributed by atoms with Crippen molar-refractivity contribution in [1.82, 2.24) is 0 Å². The summed E-state index contributed by atoms with van der Waals surface area (Å²) in [6, 6.07) is 21.7. The zero-order valence-electron chi connectivity index (χ0n) is 17.5. The third-order valence-corrected chi connectivity index (χ3v) is 12.3. The summed E-state index contributed by atoms with van der Waals surface area (Å²) in [7, 11) is -2.54. The third kappa shape index (κ3) is 2.91. The fourth-order valence-corrected chi connectivity index (χ4v) is 10.5. The molecule has 2 saturated carbocycles. The van der Waals surface area contributed by atoms with Crippen molar-refractivity contribution in [3.63, 3.8) is 0 Å². The lowest BCUT2D eigenvalue weighted by molar-refractivity contribution is -0.112. The summed E-state index contributed by atoms with van der Waals surface area (Å²) in [4.78, 5) is 11.8. The third-order valence-electron chi connectivity index (χ3n) is 7.20. The van der Waals surface area contributed by atoms with Crippen LogP contribution in [0.3, 0.4) is 0 Å². The normalized spacial score (nSPS) is 29.4. The van der Waals surface area contributed by atoms with E-state index >= 15 is 0 Å². The molecule has 2 aliphatic rings. The van der Waals surface area contributed by atoms with Gasteiger partial charge in [-0.3, -0.25) is 0 Å². The second-order valence-electron chi connectivity index (χ2n) is 9.76. The first-order chi connectivity index (χ1) is 13.4. The summed E-state index contributed by atoms with van der Waals surface area (Å²) >= 11 is 0. The highest BCUT2D eigenvalue weighted by atomic mass is 28.4. The van der Waals surface area contributed by atoms with Gasteiger partial charge in [0.15, 0.2) is 0 Å². The van der Waals surface area contributed by atoms with Gasteiger partial charge in [0.25, 0.3) is 8.32 Å². The number of hydrogen-bond acceptors (Lipinski definition) is 2. The van der Waals surface area contributed by atoms with E-state index in [1.54, 1.807) is 0 Å². The zero-order chi connectivity index (χ0) is 20.0. The molecule has 2 aromatic carbocycles. The van der Waals surface area contributed by atoms with Gasteiger partial charge in [-0.15, -0.1) is 0 Å². The van der Waals surface area contributed by atoms with Crippen LogP contribution in [0.25, 0.3) is 0 Å². The Balaban J connectivity index is 1.83. The van der Waals surface area contributed by atoms with Gasteiger partial charge in [-0.1, -0.05) is 94.8 Å². The number of rotatable bonds is 6. The molecule has 0 aromatic heterocycles. The van der Waals surface area contributed by atoms with E-state index in [0.717, 1.165) is 19.3 Å². The number of carbonyl (C=O) groups is 1. The van der Waals surface area contributed by atoms with Crippen LogP contribution in [-0.2, 0) is 9.22 Å². The van der Waals surface area contributed by atoms with Crippen LogP contribution >= 0.6 is 0 Å². The molecule has 0 radical (unpaired) electrons. The molecule has 0 heterocycles. The standard InChI is InChI=1S/C25H32O2Si/c1-5-21-22-16-25(22,18-26)17-23(21)27-28(24(2,3)4,19-12-8-6-9-13-19)20-14-10-7-11-15-20/h6-15,18,21-23H,5,16-17H2,1-4H3/t21-,22+,23+,25-/m0/s1. The summed E-state index contributed by atoms with van der Waals surface area (Å²) in [6.07, 6.45) is 4.44. The molecule has 2 aromatic rings. The zero-order valence-corrected chi connectivity index (χ0v) is 18.5. The summed E-state index contributed by atoms with van der Waals surface area (Å²) in [5, 5.41) is 2.63. The van der Waals surface area contributed by atoms with Crippen LogP contribution in [0.5, 0.6) is 0 Å². The van der Waals surface area contributed by atoms with Gasteiger partial charge in [0, 0.05) is 11.5 Å². The molecule has 2 fully saturated rings. The number of benzene rings is 2. The van der Waals surface area contributed by atoms with Crippen LogP contribution in [0.2, 0.25) is 5.04 Å². The molecule has 28 heavy (non-hydrogen) atoms. The molecule has 3 heteroatoms. The van der Waals surface area contributed by atoms with Crippen LogP contribution in [0.15, 0.2) is 60.7 Å². The molecule has 0 spiro atoms. The average Bonchev–Trinajstić information content (AvgIpc) is 3.33. The molecule has 4 rings (SSSR count). The largest absolute Gasteiger partial charge is 0.404 e. The van der Waals surface area contributed by atoms with Crippen molar-refractivity contribution >= 4 is 25.0 Å². The van der Waals surface area contributed by atoms with Crippen LogP contribution in [0.1, 0.15) is 47.0 Å². The molecule has 0 saturated heterocycles. The van der Waals surface area contributed by atoms with Crippen LogP contribution in [-0.4, -0.2) is 20.7 Å². The van der Waals surface area contributed by atoms with Gasteiger partial charge >= 0.3 is 0 Å². The summed E-state index contributed by atoms with van der Waals surface area (Å²) in [5.74, 6) is 1.02. The monoisotopic (exact) mass is 392 g/mol. The van der Waals surface area contributed by atoms with E-state index in [9.17, 15) is 4.79 Å². The van der Waals surface area contributed by atoms with E-state index in [4.69, 9.17) is 4.43 Å². The van der Waals surface area contributed by atoms with Crippen molar-refractivity contribution < 1.29 is 9.22 Å². The molecule has 0 N–H and O–H groups in total. The summed E-state index contributed by atoms with van der Waals surface area (Å²) < 4.78 is 7.35. The summed E-state index contributed by atoms with van der Waals surface area (Å²) in [5.41, 5.74) is -0.100. The van der Waals surface area contributed by atoms with E-state index < -0.39 is 8.32 Å². The topological polar surface area (TPSA) is 26.3 Å². The summed E-state index contributed by atoms with van der Waals surface area (Å²) in [6.45, 7) is 9.23. The van der Waals surface area contributed by atoms with Gasteiger partial charge in [-0.2, -0.15) is 0 Å². The molecule has 4 atom stereocenters. The highest BCUT2D eigenvalue weighted by Gasteiger charge is 2.66. The minimum atomic E-state index is -2.54. The van der Waals surface area contributed by atoms with Gasteiger partial charge in [0.05, 0.1) is 0 Å². The molecular formula is C25H32O2Si. The van der Waals surface area contributed by atoms with Gasteiger partial charge < -0.3 is 9.22 Å². The lowest BCUT2D eigenvalue weighted by Crippen LogP contribution is -2.68. The van der Waals surface area contributed by atoms with Crippen molar-refractivity contribution in [3.8, 4) is 0 Å². The Morgan fingerprint density at radius 1 is 1.00 bits per heavy atom. The van der Waals surface area contributed by atoms with E-state index in [-0.39, 0.29) is 16.6 Å². The molecule has 0 amide bonds. The lowest BCUT2D eigenvalue weighted by Gasteiger charge is -2.46. The molecule has 2 nitrogen and oxygen atoms in total. The highest BCUT2D eigenvalue weighted by molar-refractivity contribution is 6.99. The van der Waals surface area contributed by atoms with Crippen molar-refractivity contribution in [3.05, 3.63) is 60.7 Å². The van der Waals surface area contributed by atoms with Gasteiger partial charge in [-0.05, 0) is 40.1 Å². The predicted octanol–water partition coefficient (Wildman–Crippen LogP) is 4.57. The van der Waals surface area contributed by atoms with Gasteiger partial charge in [0.2, 0.25) is 0 Å². The Kier molecular flexibility index (Phi) is 4.87. The Morgan fingerprint density at radius 2 is 1.54 bits per heavy atom. The van der Waals surface area contributed by atoms with Crippen LogP contribution in [0, 0.1) is 17.3 Å². The van der Waals surface area contributed by atoms with Crippen LogP contribution < -0.4 is 10.4 Å². The fourth-order valence-electron chi connectivity index (χ4n) is 5.73. The minimum Gasteiger partial charge on any atom is -0.404 e. The molecule has 148 valence electrons. The second kappa shape index (κ2) is 6.96. The number of carbonyl (C=O) groups excluding carboxylic acids is 1. The second-order valence-corrected chi connectivity index (χ2v) is 14.0. The minimum absolute atomic E-state index is 0.0187. The van der Waals surface area contributed by atoms with E-state index in [1.807, 2.05) is 0 Å². The molecule has 2 aliphatic carbocycles. The maximum atomic E-state index is 11.8. The van der Waals surface area contributed by atoms with E-state index in [0.29, 0.717) is 11.8 Å². The first-order valence-corrected chi connectivity index (χ1v) is 12.5. The maximum absolute atomic E-state index is 11.8. The maximum Gasteiger partial charge on any atom is 0.261 e. The molecule has 0 bridgehead atoms. The van der Waals surface area contributed by atoms with Crippen molar-refractivity contribution in [2.75, 3.05) is 0 Å². The Bertz CT molecular complexity index is 787. The fraction of sp³-hybridized carbons (Fsp3) is 0.480. The first kappa shape index (κ1) is 19.6. The highest BCUT2D eigenvalue weighted by Crippen LogP contribution is 2.66. The number of hydrogen-bond donors (Lipinski definition) is 0. The van der Waals surface area contributed by atoms with Crippen molar-refractivity contribution in [2.24, 2.45) is 17.3 Å². The first-order valence-electron chi connectivity index (χ1n) is 10.6. The van der Waals surface area contributed by atoms with Crippen molar-refractivity contribution in [2.45, 2.75) is 58.1 Å². The SMILES string of the molecule is CC[C@H]1[C@H]2C[C@@]2(C=O)C[C@H]1O[Si](c1ccccc1)(c1ccccc1)C(C)(C)C. The number of aldehydes is 1. The van der Waals surface area contributed by atoms with Crippen LogP contribution in [0.4, 0.5) is 0 Å². The Hall–Kier alpha value is -1.71. The quantitative estimate of drug-likeness (QED) is 0.532. The van der Waals surface area contributed by atoms with Gasteiger partial charge in [-0.25, -0.2) is 0 Å². The molecular weight excluding hydrogens is 360 g/mol. The van der Waals surface area contributed by atoms with E-state index in [2.05, 4.69) is 88.4 Å². The Labute approximate surface area is 170 Å².